The minimum atomic E-state index is -1.47. The Labute approximate surface area is 315 Å². The van der Waals surface area contributed by atoms with Crippen LogP contribution in [-0.4, -0.2) is 119 Å². The van der Waals surface area contributed by atoms with E-state index in [1.165, 1.54) is 39.0 Å². The summed E-state index contributed by atoms with van der Waals surface area (Å²) in [7, 11) is 0. The first-order chi connectivity index (χ1) is 25.9. The van der Waals surface area contributed by atoms with Crippen molar-refractivity contribution in [2.24, 2.45) is 5.92 Å². The van der Waals surface area contributed by atoms with Gasteiger partial charge in [-0.05, 0) is 81.6 Å². The fourth-order valence-electron chi connectivity index (χ4n) is 7.78. The van der Waals surface area contributed by atoms with E-state index in [9.17, 15) is 38.0 Å². The van der Waals surface area contributed by atoms with E-state index in [4.69, 9.17) is 4.74 Å². The standard InChI is InChI=1S/C39H53FN6O8/c1-4-5-6-7-15-33(47)42-28(22-26-11-8-12-27(40)21-26)34(48)43-29-23-54-39(53)31-14-10-18-45(31)36(50)25(3)41-35(49)32-20-24(2)16-19-46(32)38(52)30-13-9-17-44(30)37(29)51/h7-8,11-12,15,21,24-25,28-32H,4-6,9-10,13-14,16-20,22-23H2,1-3H3,(H,41,49)(H,42,47)(H,43,48)/b15-7+/t24?,25-,28-,29-,30+,31+,32-/m0/s1. The lowest BCUT2D eigenvalue weighted by Gasteiger charge is -2.41. The monoisotopic (exact) mass is 752 g/mol. The highest BCUT2D eigenvalue weighted by molar-refractivity contribution is 5.98. The van der Waals surface area contributed by atoms with Crippen LogP contribution in [0.25, 0.3) is 0 Å². The quantitative estimate of drug-likeness (QED) is 0.194. The predicted octanol–water partition coefficient (Wildman–Crippen LogP) is 1.75. The smallest absolute Gasteiger partial charge is 0.328 e. The number of allylic oxidation sites excluding steroid dienone is 1. The number of halogens is 1. The lowest BCUT2D eigenvalue weighted by molar-refractivity contribution is -0.158. The fraction of sp³-hybridized carbons (Fsp3) is 0.615. The molecule has 294 valence electrons. The molecular weight excluding hydrogens is 699 g/mol. The maximum atomic E-state index is 14.4. The molecule has 4 saturated heterocycles. The van der Waals surface area contributed by atoms with Crippen molar-refractivity contribution in [1.29, 1.82) is 0 Å². The third-order valence-corrected chi connectivity index (χ3v) is 10.8. The van der Waals surface area contributed by atoms with Crippen LogP contribution in [0.15, 0.2) is 36.4 Å². The van der Waals surface area contributed by atoms with E-state index < -0.39 is 90.1 Å². The molecule has 0 radical (unpaired) electrons. The average molecular weight is 753 g/mol. The van der Waals surface area contributed by atoms with E-state index in [0.717, 1.165) is 12.8 Å². The third kappa shape index (κ3) is 9.83. The van der Waals surface area contributed by atoms with Crippen molar-refractivity contribution in [3.63, 3.8) is 0 Å². The summed E-state index contributed by atoms with van der Waals surface area (Å²) in [5.41, 5.74) is 0.418. The number of fused-ring (bicyclic) bond motifs is 3. The van der Waals surface area contributed by atoms with Crippen LogP contribution in [0.4, 0.5) is 4.39 Å². The number of carbonyl (C=O) groups excluding carboxylic acids is 7. The molecule has 7 atom stereocenters. The largest absolute Gasteiger partial charge is 0.461 e. The molecule has 1 unspecified atom stereocenters. The molecule has 0 bridgehead atoms. The highest BCUT2D eigenvalue weighted by Gasteiger charge is 2.46. The van der Waals surface area contributed by atoms with Gasteiger partial charge in [-0.3, -0.25) is 28.8 Å². The van der Waals surface area contributed by atoms with Crippen LogP contribution in [0.2, 0.25) is 0 Å². The van der Waals surface area contributed by atoms with E-state index in [0.29, 0.717) is 57.1 Å². The molecule has 1 aromatic rings. The van der Waals surface area contributed by atoms with Crippen LogP contribution in [0.5, 0.6) is 0 Å². The molecule has 4 aliphatic rings. The van der Waals surface area contributed by atoms with Crippen LogP contribution in [-0.2, 0) is 44.7 Å². The molecule has 4 aliphatic heterocycles. The maximum absolute atomic E-state index is 14.4. The number of rotatable bonds is 9. The van der Waals surface area contributed by atoms with Gasteiger partial charge in [0, 0.05) is 26.1 Å². The topological polar surface area (TPSA) is 175 Å². The summed E-state index contributed by atoms with van der Waals surface area (Å²) < 4.78 is 19.8. The van der Waals surface area contributed by atoms with Crippen molar-refractivity contribution in [2.75, 3.05) is 26.2 Å². The molecule has 14 nitrogen and oxygen atoms in total. The van der Waals surface area contributed by atoms with Gasteiger partial charge < -0.3 is 35.4 Å². The van der Waals surface area contributed by atoms with Gasteiger partial charge in [0.1, 0.15) is 48.7 Å². The summed E-state index contributed by atoms with van der Waals surface area (Å²) in [6, 6.07) is -0.884. The summed E-state index contributed by atoms with van der Waals surface area (Å²) in [5, 5.41) is 8.12. The number of hydrogen-bond acceptors (Lipinski definition) is 8. The molecule has 54 heavy (non-hydrogen) atoms. The molecule has 3 N–H and O–H groups in total. The molecule has 0 aliphatic carbocycles. The van der Waals surface area contributed by atoms with Gasteiger partial charge in [-0.2, -0.15) is 0 Å². The number of nitrogens with zero attached hydrogens (tertiary/aromatic N) is 3. The number of amides is 6. The van der Waals surface area contributed by atoms with Crippen molar-refractivity contribution in [3.05, 3.63) is 47.8 Å². The Morgan fingerprint density at radius 1 is 0.944 bits per heavy atom. The number of hydrogen-bond donors (Lipinski definition) is 3. The second-order valence-corrected chi connectivity index (χ2v) is 14.9. The Balaban J connectivity index is 1.45. The Morgan fingerprint density at radius 2 is 1.65 bits per heavy atom. The number of piperidine rings is 1. The number of cyclic esters (lactones) is 1. The lowest BCUT2D eigenvalue weighted by Crippen LogP contribution is -2.62. The van der Waals surface area contributed by atoms with Crippen LogP contribution in [0, 0.1) is 11.7 Å². The van der Waals surface area contributed by atoms with Crippen molar-refractivity contribution in [2.45, 2.75) is 121 Å². The van der Waals surface area contributed by atoms with Gasteiger partial charge in [0.15, 0.2) is 0 Å². The van der Waals surface area contributed by atoms with E-state index in [1.54, 1.807) is 19.1 Å². The van der Waals surface area contributed by atoms with Gasteiger partial charge in [0.2, 0.25) is 35.4 Å². The second kappa shape index (κ2) is 18.5. The number of unbranched alkanes of at least 4 members (excludes halogenated alkanes) is 2. The molecule has 0 aromatic heterocycles. The zero-order valence-electron chi connectivity index (χ0n) is 31.4. The Bertz CT molecular complexity index is 1620. The first kappa shape index (κ1) is 40.4. The second-order valence-electron chi connectivity index (χ2n) is 14.9. The van der Waals surface area contributed by atoms with Gasteiger partial charge >= 0.3 is 5.97 Å². The number of nitrogens with one attached hydrogen (secondary N) is 3. The molecule has 1 aromatic carbocycles. The Kier molecular flexibility index (Phi) is 13.8. The summed E-state index contributed by atoms with van der Waals surface area (Å²) >= 11 is 0. The summed E-state index contributed by atoms with van der Waals surface area (Å²) in [6.07, 6.45) is 8.02. The normalized spacial score (nSPS) is 27.6. The summed E-state index contributed by atoms with van der Waals surface area (Å²) in [6.45, 7) is 5.69. The molecule has 0 spiro atoms. The molecular formula is C39H53FN6O8. The number of esters is 1. The van der Waals surface area contributed by atoms with E-state index in [-0.39, 0.29) is 25.4 Å². The number of benzene rings is 1. The fourth-order valence-corrected chi connectivity index (χ4v) is 7.78. The van der Waals surface area contributed by atoms with Gasteiger partial charge in [-0.15, -0.1) is 0 Å². The first-order valence-electron chi connectivity index (χ1n) is 19.3. The Morgan fingerprint density at radius 3 is 2.37 bits per heavy atom. The van der Waals surface area contributed by atoms with Crippen molar-refractivity contribution in [1.82, 2.24) is 30.7 Å². The lowest BCUT2D eigenvalue weighted by atomic mass is 9.91. The molecule has 6 amide bonds. The van der Waals surface area contributed by atoms with Gasteiger partial charge in [0.05, 0.1) is 0 Å². The van der Waals surface area contributed by atoms with E-state index in [1.807, 2.05) is 13.8 Å². The number of carbonyl (C=O) groups is 7. The number of ether oxygens (including phenoxy) is 1. The van der Waals surface area contributed by atoms with Gasteiger partial charge in [-0.1, -0.05) is 44.9 Å². The maximum Gasteiger partial charge on any atom is 0.328 e. The van der Waals surface area contributed by atoms with Gasteiger partial charge in [-0.25, -0.2) is 9.18 Å². The molecule has 4 fully saturated rings. The molecule has 5 rings (SSSR count). The minimum Gasteiger partial charge on any atom is -0.461 e. The van der Waals surface area contributed by atoms with Crippen molar-refractivity contribution in [3.8, 4) is 0 Å². The van der Waals surface area contributed by atoms with Crippen LogP contribution in [0.3, 0.4) is 0 Å². The first-order valence-corrected chi connectivity index (χ1v) is 19.3. The van der Waals surface area contributed by atoms with E-state index in [2.05, 4.69) is 16.0 Å². The molecule has 0 saturated carbocycles. The highest BCUT2D eigenvalue weighted by Crippen LogP contribution is 2.28. The highest BCUT2D eigenvalue weighted by atomic mass is 19.1. The van der Waals surface area contributed by atoms with Crippen LogP contribution >= 0.6 is 0 Å². The third-order valence-electron chi connectivity index (χ3n) is 10.8. The molecule has 4 heterocycles. The van der Waals surface area contributed by atoms with Gasteiger partial charge in [0.25, 0.3) is 0 Å². The zero-order chi connectivity index (χ0) is 38.9. The van der Waals surface area contributed by atoms with Crippen LogP contribution in [0.1, 0.15) is 84.1 Å². The Hall–Kier alpha value is -4.82. The molecule has 15 heteroatoms. The summed E-state index contributed by atoms with van der Waals surface area (Å²) in [4.78, 5) is 101. The van der Waals surface area contributed by atoms with E-state index >= 15 is 0 Å². The zero-order valence-corrected chi connectivity index (χ0v) is 31.4. The average Bonchev–Trinajstić information content (AvgIpc) is 3.84. The van der Waals surface area contributed by atoms with Crippen LogP contribution < -0.4 is 16.0 Å². The van der Waals surface area contributed by atoms with Crippen molar-refractivity contribution < 1.29 is 42.7 Å². The SMILES string of the molecule is CCCC/C=C/C(=O)N[C@@H](Cc1cccc(F)c1)C(=O)N[C@H]1COC(=O)[C@H]2CCCN2C(=O)[C@H](C)NC(=O)[C@@H]2CC(C)CCN2C(=O)[C@H]2CCCN2C1=O. The predicted molar refractivity (Wildman–Crippen MR) is 195 cm³/mol. The summed E-state index contributed by atoms with van der Waals surface area (Å²) in [5.74, 6) is -4.55. The minimum absolute atomic E-state index is 0.113. The van der Waals surface area contributed by atoms with Crippen molar-refractivity contribution >= 4 is 41.4 Å².